The highest BCUT2D eigenvalue weighted by molar-refractivity contribution is 5.89. The van der Waals surface area contributed by atoms with Gasteiger partial charge in [0.15, 0.2) is 0 Å². The average Bonchev–Trinajstić information content (AvgIpc) is 2.81. The highest BCUT2D eigenvalue weighted by Crippen LogP contribution is 2.28. The van der Waals surface area contributed by atoms with Crippen LogP contribution in [-0.4, -0.2) is 63.9 Å². The van der Waals surface area contributed by atoms with Crippen molar-refractivity contribution in [3.8, 4) is 11.5 Å². The number of methoxy groups -OCH3 is 1. The Kier molecular flexibility index (Phi) is 8.84. The molecule has 7 nitrogen and oxygen atoms in total. The molecule has 7 heteroatoms. The second kappa shape index (κ2) is 12.1. The van der Waals surface area contributed by atoms with Gasteiger partial charge in [0.05, 0.1) is 19.4 Å². The van der Waals surface area contributed by atoms with E-state index in [1.165, 1.54) is 0 Å². The molecular weight excluding hydrogens is 392 g/mol. The first kappa shape index (κ1) is 22.7. The second-order valence-electron chi connectivity index (χ2n) is 7.61. The summed E-state index contributed by atoms with van der Waals surface area (Å²) >= 11 is 0. The number of rotatable bonds is 10. The fourth-order valence-electron chi connectivity index (χ4n) is 3.58. The predicted molar refractivity (Wildman–Crippen MR) is 126 cm³/mol. The smallest absolute Gasteiger partial charge is 0.319 e. The number of carbonyl (C=O) groups is 1. The standard InChI is InChI=1S/C24H34N4O3/c1-3-4-19-31-21-11-9-20(10-12-21)26-24(29)25-13-14-27-15-17-28(18-16-27)22-7-5-6-8-23(22)30-2/h5-12H,3-4,13-19H2,1-2H3,(H2,25,26,29). The molecule has 2 aromatic rings. The molecule has 168 valence electrons. The number of piperazine rings is 1. The van der Waals surface area contributed by atoms with Crippen LogP contribution in [0.3, 0.4) is 0 Å². The van der Waals surface area contributed by atoms with Crippen LogP contribution in [0.15, 0.2) is 48.5 Å². The Morgan fingerprint density at radius 3 is 2.48 bits per heavy atom. The van der Waals surface area contributed by atoms with E-state index < -0.39 is 0 Å². The Hall–Kier alpha value is -2.93. The Bertz CT molecular complexity index is 805. The summed E-state index contributed by atoms with van der Waals surface area (Å²) in [6, 6.07) is 15.4. The summed E-state index contributed by atoms with van der Waals surface area (Å²) in [5.41, 5.74) is 1.90. The van der Waals surface area contributed by atoms with E-state index in [4.69, 9.17) is 9.47 Å². The molecule has 0 bridgehead atoms. The van der Waals surface area contributed by atoms with Crippen LogP contribution >= 0.6 is 0 Å². The van der Waals surface area contributed by atoms with Crippen molar-refractivity contribution in [2.24, 2.45) is 0 Å². The highest BCUT2D eigenvalue weighted by Gasteiger charge is 2.19. The monoisotopic (exact) mass is 426 g/mol. The van der Waals surface area contributed by atoms with Gasteiger partial charge in [0, 0.05) is 45.0 Å². The van der Waals surface area contributed by atoms with Crippen molar-refractivity contribution in [3.05, 3.63) is 48.5 Å². The summed E-state index contributed by atoms with van der Waals surface area (Å²) in [6.45, 7) is 8.10. The van der Waals surface area contributed by atoms with Crippen molar-refractivity contribution >= 4 is 17.4 Å². The van der Waals surface area contributed by atoms with E-state index in [1.807, 2.05) is 42.5 Å². The van der Waals surface area contributed by atoms with Crippen molar-refractivity contribution in [2.75, 3.05) is 63.2 Å². The first-order chi connectivity index (χ1) is 15.2. The highest BCUT2D eigenvalue weighted by atomic mass is 16.5. The van der Waals surface area contributed by atoms with E-state index in [2.05, 4.69) is 33.4 Å². The van der Waals surface area contributed by atoms with Crippen molar-refractivity contribution in [1.82, 2.24) is 10.2 Å². The van der Waals surface area contributed by atoms with Gasteiger partial charge in [-0.25, -0.2) is 4.79 Å². The van der Waals surface area contributed by atoms with Gasteiger partial charge in [0.25, 0.3) is 0 Å². The van der Waals surface area contributed by atoms with Gasteiger partial charge in [-0.3, -0.25) is 4.90 Å². The fourth-order valence-corrected chi connectivity index (χ4v) is 3.58. The van der Waals surface area contributed by atoms with Crippen molar-refractivity contribution in [1.29, 1.82) is 0 Å². The molecule has 0 spiro atoms. The lowest BCUT2D eigenvalue weighted by atomic mass is 10.2. The number of hydrogen-bond donors (Lipinski definition) is 2. The molecule has 31 heavy (non-hydrogen) atoms. The molecule has 0 aliphatic carbocycles. The first-order valence-corrected chi connectivity index (χ1v) is 11.1. The van der Waals surface area contributed by atoms with Gasteiger partial charge in [-0.05, 0) is 42.8 Å². The van der Waals surface area contributed by atoms with Gasteiger partial charge >= 0.3 is 6.03 Å². The largest absolute Gasteiger partial charge is 0.495 e. The minimum absolute atomic E-state index is 0.188. The predicted octanol–water partition coefficient (Wildman–Crippen LogP) is 3.82. The number of benzene rings is 2. The molecule has 1 aliphatic rings. The van der Waals surface area contributed by atoms with E-state index >= 15 is 0 Å². The zero-order valence-corrected chi connectivity index (χ0v) is 18.6. The quantitative estimate of drug-likeness (QED) is 0.566. The summed E-state index contributed by atoms with van der Waals surface area (Å²) in [5, 5.41) is 5.81. The minimum Gasteiger partial charge on any atom is -0.495 e. The lowest BCUT2D eigenvalue weighted by molar-refractivity contribution is 0.240. The summed E-state index contributed by atoms with van der Waals surface area (Å²) < 4.78 is 11.1. The normalized spacial score (nSPS) is 14.2. The zero-order valence-electron chi connectivity index (χ0n) is 18.6. The molecule has 2 amide bonds. The number of unbranched alkanes of at least 4 members (excludes halogenated alkanes) is 1. The molecule has 2 N–H and O–H groups in total. The van der Waals surface area contributed by atoms with Crippen LogP contribution in [0.25, 0.3) is 0 Å². The molecule has 0 saturated carbocycles. The third-order valence-corrected chi connectivity index (χ3v) is 5.39. The number of anilines is 2. The molecule has 0 atom stereocenters. The Morgan fingerprint density at radius 2 is 1.77 bits per heavy atom. The average molecular weight is 427 g/mol. The second-order valence-corrected chi connectivity index (χ2v) is 7.61. The number of hydrogen-bond acceptors (Lipinski definition) is 5. The maximum atomic E-state index is 12.2. The number of carbonyl (C=O) groups excluding carboxylic acids is 1. The van der Waals surface area contributed by atoms with Crippen molar-refractivity contribution in [3.63, 3.8) is 0 Å². The molecule has 1 aliphatic heterocycles. The maximum absolute atomic E-state index is 12.2. The maximum Gasteiger partial charge on any atom is 0.319 e. The minimum atomic E-state index is -0.188. The summed E-state index contributed by atoms with van der Waals surface area (Å²) in [5.74, 6) is 1.74. The Labute approximate surface area is 185 Å². The van der Waals surface area contributed by atoms with E-state index in [1.54, 1.807) is 7.11 Å². The molecule has 2 aromatic carbocycles. The van der Waals surface area contributed by atoms with Crippen LogP contribution in [-0.2, 0) is 0 Å². The molecule has 1 heterocycles. The van der Waals surface area contributed by atoms with Gasteiger partial charge < -0.3 is 25.0 Å². The number of urea groups is 1. The Morgan fingerprint density at radius 1 is 1.03 bits per heavy atom. The SMILES string of the molecule is CCCCOc1ccc(NC(=O)NCCN2CCN(c3ccccc3OC)CC2)cc1. The lowest BCUT2D eigenvalue weighted by Gasteiger charge is -2.36. The van der Waals surface area contributed by atoms with Crippen molar-refractivity contribution < 1.29 is 14.3 Å². The number of nitrogens with one attached hydrogen (secondary N) is 2. The van der Waals surface area contributed by atoms with E-state index in [0.29, 0.717) is 6.54 Å². The molecular formula is C24H34N4O3. The molecule has 0 aromatic heterocycles. The van der Waals surface area contributed by atoms with Gasteiger partial charge in [-0.2, -0.15) is 0 Å². The third kappa shape index (κ3) is 7.07. The van der Waals surface area contributed by atoms with E-state index in [9.17, 15) is 4.79 Å². The van der Waals surface area contributed by atoms with E-state index in [-0.39, 0.29) is 6.03 Å². The number of para-hydroxylation sites is 2. The van der Waals surface area contributed by atoms with Gasteiger partial charge in [0.2, 0.25) is 0 Å². The van der Waals surface area contributed by atoms with Crippen LogP contribution in [0.2, 0.25) is 0 Å². The van der Waals surface area contributed by atoms with E-state index in [0.717, 1.165) is 75.0 Å². The molecule has 1 fully saturated rings. The van der Waals surface area contributed by atoms with Crippen LogP contribution < -0.4 is 25.0 Å². The summed E-state index contributed by atoms with van der Waals surface area (Å²) in [6.07, 6.45) is 2.15. The molecule has 3 rings (SSSR count). The van der Waals surface area contributed by atoms with Crippen molar-refractivity contribution in [2.45, 2.75) is 19.8 Å². The number of ether oxygens (including phenoxy) is 2. The molecule has 0 radical (unpaired) electrons. The van der Waals surface area contributed by atoms with Crippen LogP contribution in [0, 0.1) is 0 Å². The fraction of sp³-hybridized carbons (Fsp3) is 0.458. The van der Waals surface area contributed by atoms with Crippen LogP contribution in [0.4, 0.5) is 16.2 Å². The lowest BCUT2D eigenvalue weighted by Crippen LogP contribution is -2.48. The topological polar surface area (TPSA) is 66.1 Å². The number of amides is 2. The van der Waals surface area contributed by atoms with Gasteiger partial charge in [-0.15, -0.1) is 0 Å². The van der Waals surface area contributed by atoms with Gasteiger partial charge in [0.1, 0.15) is 11.5 Å². The number of nitrogens with zero attached hydrogens (tertiary/aromatic N) is 2. The summed E-state index contributed by atoms with van der Waals surface area (Å²) in [7, 11) is 1.71. The molecule has 1 saturated heterocycles. The van der Waals surface area contributed by atoms with Crippen LogP contribution in [0.1, 0.15) is 19.8 Å². The molecule has 0 unspecified atom stereocenters. The Balaban J connectivity index is 1.34. The summed E-state index contributed by atoms with van der Waals surface area (Å²) in [4.78, 5) is 16.9. The van der Waals surface area contributed by atoms with Crippen LogP contribution in [0.5, 0.6) is 11.5 Å². The van der Waals surface area contributed by atoms with Gasteiger partial charge in [-0.1, -0.05) is 25.5 Å². The third-order valence-electron chi connectivity index (χ3n) is 5.39. The zero-order chi connectivity index (χ0) is 21.9. The first-order valence-electron chi connectivity index (χ1n) is 11.1.